The summed E-state index contributed by atoms with van der Waals surface area (Å²) in [5.74, 6) is 1.04. The molecule has 0 aliphatic heterocycles. The van der Waals surface area contributed by atoms with Crippen LogP contribution in [0.25, 0.3) is 0 Å². The molecular weight excluding hydrogens is 157 g/mol. The molecule has 0 bridgehead atoms. The lowest BCUT2D eigenvalue weighted by Gasteiger charge is -2.29. The van der Waals surface area contributed by atoms with Crippen LogP contribution in [0, 0.1) is 0 Å². The summed E-state index contributed by atoms with van der Waals surface area (Å²) in [7, 11) is 7.85. The molecule has 0 fully saturated rings. The monoisotopic (exact) mass is 175 g/mol. The van der Waals surface area contributed by atoms with Gasteiger partial charge < -0.3 is 9.57 Å². The Morgan fingerprint density at radius 1 is 1.18 bits per heavy atom. The predicted molar refractivity (Wildman–Crippen MR) is 53.6 cm³/mol. The van der Waals surface area contributed by atoms with E-state index in [9.17, 15) is 0 Å². The molecule has 0 radical (unpaired) electrons. The van der Waals surface area contributed by atoms with Gasteiger partial charge in [0.25, 0.3) is 0 Å². The quantitative estimate of drug-likeness (QED) is 0.338. The van der Waals surface area contributed by atoms with Gasteiger partial charge in [-0.25, -0.2) is 0 Å². The summed E-state index contributed by atoms with van der Waals surface area (Å²) < 4.78 is 2.20. The van der Waals surface area contributed by atoms with E-state index < -0.39 is 0 Å². The number of hydrogen-bond acceptors (Lipinski definition) is 1. The highest BCUT2D eigenvalue weighted by Crippen LogP contribution is 2.29. The van der Waals surface area contributed by atoms with Gasteiger partial charge in [0.15, 0.2) is 5.96 Å². The Hall–Kier alpha value is -0.300. The Kier molecular flexibility index (Phi) is 4.43. The molecule has 66 valence electrons. The van der Waals surface area contributed by atoms with E-state index in [1.54, 1.807) is 0 Å². The van der Waals surface area contributed by atoms with E-state index in [-0.39, 0.29) is 8.07 Å². The van der Waals surface area contributed by atoms with Gasteiger partial charge in [-0.2, -0.15) is 0 Å². The third kappa shape index (κ3) is 3.06. The van der Waals surface area contributed by atoms with Crippen LogP contribution in [0.5, 0.6) is 0 Å². The smallest absolute Gasteiger partial charge is 0.198 e. The normalized spacial score (nSPS) is 12.1. The minimum atomic E-state index is -0.0784. The molecule has 0 amide bonds. The van der Waals surface area contributed by atoms with Crippen molar-refractivity contribution in [2.45, 2.75) is 0 Å². The van der Waals surface area contributed by atoms with Crippen molar-refractivity contribution in [3.8, 4) is 0 Å². The highest BCUT2D eigenvalue weighted by Gasteiger charge is 2.09. The number of rotatable bonds is 1. The molecule has 0 rings (SSSR count). The lowest BCUT2D eigenvalue weighted by Crippen LogP contribution is -2.34. The Bertz CT molecular complexity index is 143. The Balaban J connectivity index is 4.28. The van der Waals surface area contributed by atoms with Crippen LogP contribution < -0.4 is 0 Å². The second-order valence-electron chi connectivity index (χ2n) is 2.79. The molecule has 0 saturated carbocycles. The van der Waals surface area contributed by atoms with Crippen LogP contribution in [0.15, 0.2) is 4.99 Å². The van der Waals surface area contributed by atoms with Crippen molar-refractivity contribution >= 4 is 14.0 Å². The minimum absolute atomic E-state index is 0.0784. The van der Waals surface area contributed by atoms with Crippen LogP contribution in [0.1, 0.15) is 0 Å². The molecule has 0 spiro atoms. The van der Waals surface area contributed by atoms with Gasteiger partial charge in [0.1, 0.15) is 0 Å². The Morgan fingerprint density at radius 2 is 1.64 bits per heavy atom. The van der Waals surface area contributed by atoms with Crippen molar-refractivity contribution in [2.24, 2.45) is 4.99 Å². The topological polar surface area (TPSA) is 18.8 Å². The van der Waals surface area contributed by atoms with Gasteiger partial charge in [-0.15, -0.1) is 0 Å². The first-order chi connectivity index (χ1) is 5.00. The number of hydrogen-bond donors (Lipinski definition) is 0. The maximum atomic E-state index is 4.19. The lowest BCUT2D eigenvalue weighted by atomic mass is 10.8. The third-order valence-corrected chi connectivity index (χ3v) is 2.87. The van der Waals surface area contributed by atoms with Crippen LogP contribution in [0.3, 0.4) is 0 Å². The molecule has 3 nitrogen and oxygen atoms in total. The van der Waals surface area contributed by atoms with Gasteiger partial charge in [0.2, 0.25) is 0 Å². The van der Waals surface area contributed by atoms with E-state index in [2.05, 4.69) is 30.0 Å². The number of nitrogens with zero attached hydrogens (tertiary/aromatic N) is 3. The summed E-state index contributed by atoms with van der Waals surface area (Å²) in [4.78, 5) is 6.22. The van der Waals surface area contributed by atoms with Crippen LogP contribution >= 0.6 is 8.07 Å². The summed E-state index contributed by atoms with van der Waals surface area (Å²) >= 11 is 0. The summed E-state index contributed by atoms with van der Waals surface area (Å²) in [6.45, 7) is 4.42. The van der Waals surface area contributed by atoms with E-state index >= 15 is 0 Å². The first-order valence-electron chi connectivity index (χ1n) is 3.55. The lowest BCUT2D eigenvalue weighted by molar-refractivity contribution is 0.547. The molecule has 0 unspecified atom stereocenters. The minimum Gasteiger partial charge on any atom is -0.349 e. The third-order valence-electron chi connectivity index (χ3n) is 1.49. The Labute approximate surface area is 70.9 Å². The molecule has 0 aliphatic rings. The summed E-state index contributed by atoms with van der Waals surface area (Å²) in [5, 5.41) is 0. The van der Waals surface area contributed by atoms with E-state index in [1.165, 1.54) is 0 Å². The van der Waals surface area contributed by atoms with Crippen molar-refractivity contribution in [1.82, 2.24) is 9.57 Å². The average molecular weight is 175 g/mol. The van der Waals surface area contributed by atoms with Crippen molar-refractivity contribution in [3.05, 3.63) is 0 Å². The van der Waals surface area contributed by atoms with E-state index in [1.807, 2.05) is 26.0 Å². The molecule has 0 aromatic heterocycles. The molecule has 0 heterocycles. The van der Waals surface area contributed by atoms with Crippen LogP contribution in [-0.4, -0.2) is 57.1 Å². The number of aliphatic imine (C=N–C) groups is 1. The predicted octanol–water partition coefficient (Wildman–Crippen LogP) is 1.12. The van der Waals surface area contributed by atoms with Gasteiger partial charge in [0, 0.05) is 28.2 Å². The SMILES string of the molecule is C/N=C(\N(C)C)N(C)P(C)C. The van der Waals surface area contributed by atoms with Gasteiger partial charge >= 0.3 is 0 Å². The zero-order valence-corrected chi connectivity index (χ0v) is 9.18. The van der Waals surface area contributed by atoms with Crippen LogP contribution in [-0.2, 0) is 0 Å². The van der Waals surface area contributed by atoms with Gasteiger partial charge in [0.05, 0.1) is 0 Å². The molecular formula is C7H18N3P. The van der Waals surface area contributed by atoms with Crippen molar-refractivity contribution in [2.75, 3.05) is 41.5 Å². The second-order valence-corrected chi connectivity index (χ2v) is 5.08. The van der Waals surface area contributed by atoms with E-state index in [4.69, 9.17) is 0 Å². The summed E-state index contributed by atoms with van der Waals surface area (Å²) in [5.41, 5.74) is 0. The van der Waals surface area contributed by atoms with Gasteiger partial charge in [-0.3, -0.25) is 4.99 Å². The molecule has 4 heteroatoms. The zero-order valence-electron chi connectivity index (χ0n) is 8.29. The van der Waals surface area contributed by atoms with E-state index in [0.717, 1.165) is 5.96 Å². The molecule has 0 aromatic carbocycles. The first-order valence-corrected chi connectivity index (χ1v) is 5.74. The van der Waals surface area contributed by atoms with Crippen molar-refractivity contribution in [3.63, 3.8) is 0 Å². The van der Waals surface area contributed by atoms with Gasteiger partial charge in [-0.1, -0.05) is 0 Å². The van der Waals surface area contributed by atoms with Crippen LogP contribution in [0.4, 0.5) is 0 Å². The fourth-order valence-electron chi connectivity index (χ4n) is 0.813. The van der Waals surface area contributed by atoms with Crippen molar-refractivity contribution in [1.29, 1.82) is 0 Å². The molecule has 0 aliphatic carbocycles. The average Bonchev–Trinajstić information content (AvgIpc) is 1.88. The second kappa shape index (κ2) is 4.55. The molecule has 0 saturated heterocycles. The van der Waals surface area contributed by atoms with Gasteiger partial charge in [-0.05, 0) is 21.4 Å². The van der Waals surface area contributed by atoms with Crippen LogP contribution in [0.2, 0.25) is 0 Å². The van der Waals surface area contributed by atoms with E-state index in [0.29, 0.717) is 0 Å². The molecule has 0 N–H and O–H groups in total. The highest BCUT2D eigenvalue weighted by molar-refractivity contribution is 7.54. The summed E-state index contributed by atoms with van der Waals surface area (Å²) in [6.07, 6.45) is 0. The fraction of sp³-hybridized carbons (Fsp3) is 0.857. The molecule has 11 heavy (non-hydrogen) atoms. The molecule has 0 atom stereocenters. The first kappa shape index (κ1) is 10.7. The summed E-state index contributed by atoms with van der Waals surface area (Å²) in [6, 6.07) is 0. The number of guanidine groups is 1. The highest BCUT2D eigenvalue weighted by atomic mass is 31.1. The van der Waals surface area contributed by atoms with Crippen molar-refractivity contribution < 1.29 is 0 Å². The zero-order chi connectivity index (χ0) is 9.02. The Morgan fingerprint density at radius 3 is 1.73 bits per heavy atom. The largest absolute Gasteiger partial charge is 0.349 e. The maximum absolute atomic E-state index is 4.19. The fourth-order valence-corrected chi connectivity index (χ4v) is 1.44. The molecule has 0 aromatic rings. The standard InChI is InChI=1S/C7H18N3P/c1-8-7(9(2)3)10(4)11(5)6/h1-6H3/b8-7+. The maximum Gasteiger partial charge on any atom is 0.198 e.